The van der Waals surface area contributed by atoms with Gasteiger partial charge in [-0.15, -0.1) is 0 Å². The average Bonchev–Trinajstić information content (AvgIpc) is 3.33. The number of halogens is 1. The summed E-state index contributed by atoms with van der Waals surface area (Å²) in [6, 6.07) is 22.2. The van der Waals surface area contributed by atoms with Gasteiger partial charge in [0.25, 0.3) is 0 Å². The van der Waals surface area contributed by atoms with Gasteiger partial charge in [-0.05, 0) is 85.6 Å². The molecule has 0 N–H and O–H groups in total. The molecule has 2 heterocycles. The van der Waals surface area contributed by atoms with Gasteiger partial charge < -0.3 is 14.2 Å². The highest BCUT2D eigenvalue weighted by Gasteiger charge is 2.41. The Morgan fingerprint density at radius 1 is 0.943 bits per heavy atom. The first-order valence-corrected chi connectivity index (χ1v) is 12.8. The lowest BCUT2D eigenvalue weighted by Gasteiger charge is -2.38. The molecule has 6 heteroatoms. The Bertz CT molecular complexity index is 1180. The van der Waals surface area contributed by atoms with E-state index in [9.17, 15) is 0 Å². The number of hydrazone groups is 1. The van der Waals surface area contributed by atoms with Crippen LogP contribution in [-0.4, -0.2) is 23.9 Å². The van der Waals surface area contributed by atoms with E-state index in [0.717, 1.165) is 59.1 Å². The van der Waals surface area contributed by atoms with Crippen LogP contribution in [0.5, 0.6) is 17.2 Å². The zero-order valence-electron chi connectivity index (χ0n) is 20.2. The molecule has 0 saturated heterocycles. The smallest absolute Gasteiger partial charge is 0.213 e. The van der Waals surface area contributed by atoms with E-state index in [4.69, 9.17) is 30.9 Å². The van der Waals surface area contributed by atoms with Crippen LogP contribution >= 0.6 is 11.6 Å². The molecule has 0 radical (unpaired) electrons. The maximum atomic E-state index is 6.47. The van der Waals surface area contributed by atoms with Crippen molar-refractivity contribution in [3.8, 4) is 17.2 Å². The van der Waals surface area contributed by atoms with Crippen LogP contribution in [0, 0.1) is 0 Å². The summed E-state index contributed by atoms with van der Waals surface area (Å²) in [5, 5.41) is 7.81. The molecule has 0 saturated carbocycles. The normalized spacial score (nSPS) is 18.4. The van der Waals surface area contributed by atoms with Crippen LogP contribution in [0.1, 0.15) is 68.5 Å². The molecule has 0 bridgehead atoms. The monoisotopic (exact) mass is 490 g/mol. The van der Waals surface area contributed by atoms with Gasteiger partial charge in [0, 0.05) is 22.6 Å². The van der Waals surface area contributed by atoms with Gasteiger partial charge in [-0.1, -0.05) is 31.4 Å². The standard InChI is InChI=1S/C29H31ClN2O3/c1-3-5-6-17-34-24-14-9-21(10-15-24)29-32-27(25-18-22(30)11-16-28(25)35-29)19-26(31-32)20-7-12-23(13-8-20)33-4-2/h7-16,18,27,29H,3-6,17,19H2,1-2H3. The highest BCUT2D eigenvalue weighted by atomic mass is 35.5. The van der Waals surface area contributed by atoms with Gasteiger partial charge in [0.2, 0.25) is 6.23 Å². The summed E-state index contributed by atoms with van der Waals surface area (Å²) in [6.07, 6.45) is 3.89. The van der Waals surface area contributed by atoms with Gasteiger partial charge in [-0.25, -0.2) is 5.01 Å². The fourth-order valence-electron chi connectivity index (χ4n) is 4.63. The van der Waals surface area contributed by atoms with Gasteiger partial charge in [-0.2, -0.15) is 5.10 Å². The lowest BCUT2D eigenvalue weighted by Crippen LogP contribution is -2.33. The van der Waals surface area contributed by atoms with E-state index in [1.165, 1.54) is 12.8 Å². The first-order valence-electron chi connectivity index (χ1n) is 12.4. The Morgan fingerprint density at radius 3 is 2.43 bits per heavy atom. The lowest BCUT2D eigenvalue weighted by molar-refractivity contribution is -0.0190. The van der Waals surface area contributed by atoms with Crippen molar-refractivity contribution >= 4 is 17.3 Å². The first-order chi connectivity index (χ1) is 17.2. The molecule has 0 aromatic heterocycles. The maximum Gasteiger partial charge on any atom is 0.213 e. The molecule has 0 spiro atoms. The summed E-state index contributed by atoms with van der Waals surface area (Å²) in [4.78, 5) is 0. The van der Waals surface area contributed by atoms with Gasteiger partial charge in [0.1, 0.15) is 17.2 Å². The Morgan fingerprint density at radius 2 is 1.69 bits per heavy atom. The van der Waals surface area contributed by atoms with E-state index >= 15 is 0 Å². The Kier molecular flexibility index (Phi) is 7.14. The van der Waals surface area contributed by atoms with Crippen LogP contribution in [-0.2, 0) is 0 Å². The molecule has 2 aliphatic heterocycles. The average molecular weight is 491 g/mol. The molecule has 2 aliphatic rings. The molecular formula is C29H31ClN2O3. The highest BCUT2D eigenvalue weighted by Crippen LogP contribution is 2.48. The fraction of sp³-hybridized carbons (Fsp3) is 0.345. The summed E-state index contributed by atoms with van der Waals surface area (Å²) < 4.78 is 18.0. The molecule has 2 atom stereocenters. The predicted octanol–water partition coefficient (Wildman–Crippen LogP) is 7.55. The summed E-state index contributed by atoms with van der Waals surface area (Å²) in [6.45, 7) is 5.57. The van der Waals surface area contributed by atoms with E-state index in [1.54, 1.807) is 0 Å². The SMILES string of the molecule is CCCCCOc1ccc(C2Oc3ccc(Cl)cc3C3CC(c4ccc(OCC)cc4)=NN32)cc1. The number of fused-ring (bicyclic) bond motifs is 3. The van der Waals surface area contributed by atoms with Crippen LogP contribution in [0.4, 0.5) is 0 Å². The van der Waals surface area contributed by atoms with Crippen molar-refractivity contribution in [3.63, 3.8) is 0 Å². The largest absolute Gasteiger partial charge is 0.494 e. The minimum Gasteiger partial charge on any atom is -0.494 e. The fourth-order valence-corrected chi connectivity index (χ4v) is 4.81. The number of unbranched alkanes of at least 4 members (excludes halogenated alkanes) is 2. The van der Waals surface area contributed by atoms with Crippen molar-refractivity contribution in [2.45, 2.75) is 51.8 Å². The van der Waals surface area contributed by atoms with Gasteiger partial charge in [-0.3, -0.25) is 0 Å². The van der Waals surface area contributed by atoms with Crippen molar-refractivity contribution in [2.75, 3.05) is 13.2 Å². The second-order valence-corrected chi connectivity index (χ2v) is 9.32. The van der Waals surface area contributed by atoms with Crippen LogP contribution in [0.15, 0.2) is 71.8 Å². The molecule has 182 valence electrons. The van der Waals surface area contributed by atoms with E-state index in [2.05, 4.69) is 36.2 Å². The predicted molar refractivity (Wildman–Crippen MR) is 140 cm³/mol. The quantitative estimate of drug-likeness (QED) is 0.290. The lowest BCUT2D eigenvalue weighted by atomic mass is 9.96. The second kappa shape index (κ2) is 10.6. The second-order valence-electron chi connectivity index (χ2n) is 8.88. The zero-order chi connectivity index (χ0) is 24.2. The van der Waals surface area contributed by atoms with E-state index in [0.29, 0.717) is 11.6 Å². The number of rotatable bonds is 9. The van der Waals surface area contributed by atoms with E-state index < -0.39 is 0 Å². The summed E-state index contributed by atoms with van der Waals surface area (Å²) in [5.74, 6) is 2.59. The zero-order valence-corrected chi connectivity index (χ0v) is 21.0. The number of hydrogen-bond donors (Lipinski definition) is 0. The molecule has 5 nitrogen and oxygen atoms in total. The van der Waals surface area contributed by atoms with Crippen LogP contribution in [0.3, 0.4) is 0 Å². The molecule has 0 amide bonds. The van der Waals surface area contributed by atoms with Crippen molar-refractivity contribution in [2.24, 2.45) is 5.10 Å². The minimum atomic E-state index is -0.331. The summed E-state index contributed by atoms with van der Waals surface area (Å²) in [5.41, 5.74) is 4.21. The highest BCUT2D eigenvalue weighted by molar-refractivity contribution is 6.30. The van der Waals surface area contributed by atoms with Crippen LogP contribution < -0.4 is 14.2 Å². The molecule has 35 heavy (non-hydrogen) atoms. The van der Waals surface area contributed by atoms with E-state index in [-0.39, 0.29) is 12.3 Å². The molecule has 3 aromatic carbocycles. The molecule has 5 rings (SSSR count). The molecule has 3 aromatic rings. The molecule has 0 fully saturated rings. The number of hydrogen-bond acceptors (Lipinski definition) is 5. The maximum absolute atomic E-state index is 6.47. The molecule has 2 unspecified atom stereocenters. The number of nitrogens with zero attached hydrogens (tertiary/aromatic N) is 2. The van der Waals surface area contributed by atoms with Crippen molar-refractivity contribution < 1.29 is 14.2 Å². The Hall–Kier alpha value is -3.18. The summed E-state index contributed by atoms with van der Waals surface area (Å²) in [7, 11) is 0. The Labute approximate surface area is 212 Å². The number of benzene rings is 3. The topological polar surface area (TPSA) is 43.3 Å². The first kappa shape index (κ1) is 23.6. The van der Waals surface area contributed by atoms with Crippen molar-refractivity contribution in [1.82, 2.24) is 5.01 Å². The van der Waals surface area contributed by atoms with E-state index in [1.807, 2.05) is 49.4 Å². The van der Waals surface area contributed by atoms with Crippen molar-refractivity contribution in [3.05, 3.63) is 88.4 Å². The Balaban J connectivity index is 1.42. The van der Waals surface area contributed by atoms with Gasteiger partial charge in [0.15, 0.2) is 0 Å². The molecule has 0 aliphatic carbocycles. The van der Waals surface area contributed by atoms with Gasteiger partial charge in [0.05, 0.1) is 25.0 Å². The third-order valence-corrected chi connectivity index (χ3v) is 6.67. The third-order valence-electron chi connectivity index (χ3n) is 6.43. The van der Waals surface area contributed by atoms with Crippen LogP contribution in [0.25, 0.3) is 0 Å². The van der Waals surface area contributed by atoms with Crippen molar-refractivity contribution in [1.29, 1.82) is 0 Å². The molecular weight excluding hydrogens is 460 g/mol. The minimum absolute atomic E-state index is 0.0500. The third kappa shape index (κ3) is 5.10. The van der Waals surface area contributed by atoms with Crippen LogP contribution in [0.2, 0.25) is 5.02 Å². The number of ether oxygens (including phenoxy) is 3. The van der Waals surface area contributed by atoms with Gasteiger partial charge >= 0.3 is 0 Å². The summed E-state index contributed by atoms with van der Waals surface area (Å²) >= 11 is 6.36.